The molecule has 1 aromatic carbocycles. The minimum absolute atomic E-state index is 0.0220. The predicted molar refractivity (Wildman–Crippen MR) is 106 cm³/mol. The highest BCUT2D eigenvalue weighted by atomic mass is 32.1. The van der Waals surface area contributed by atoms with Gasteiger partial charge in [-0.2, -0.15) is 5.10 Å². The molecule has 1 atom stereocenters. The lowest BCUT2D eigenvalue weighted by Gasteiger charge is -2.20. The number of carbonyl (C=O) groups is 2. The molecule has 1 amide bonds. The van der Waals surface area contributed by atoms with Gasteiger partial charge in [0.15, 0.2) is 12.4 Å². The third-order valence-electron chi connectivity index (χ3n) is 4.53. The highest BCUT2D eigenvalue weighted by Gasteiger charge is 2.35. The number of hydrazone groups is 1. The first-order valence-corrected chi connectivity index (χ1v) is 9.81. The Kier molecular flexibility index (Phi) is 5.26. The summed E-state index contributed by atoms with van der Waals surface area (Å²) >= 11 is 1.55. The molecule has 0 N–H and O–H groups in total. The maximum absolute atomic E-state index is 14.0. The molecule has 0 fully saturated rings. The van der Waals surface area contributed by atoms with Gasteiger partial charge >= 0.3 is 0 Å². The Morgan fingerprint density at radius 3 is 2.83 bits per heavy atom. The van der Waals surface area contributed by atoms with E-state index in [4.69, 9.17) is 9.15 Å². The highest BCUT2D eigenvalue weighted by molar-refractivity contribution is 7.12. The number of ether oxygens (including phenoxy) is 1. The number of amides is 1. The fraction of sp³-hybridized carbons (Fsp3) is 0.190. The molecule has 29 heavy (non-hydrogen) atoms. The number of hydrogen-bond donors (Lipinski definition) is 0. The summed E-state index contributed by atoms with van der Waals surface area (Å²) in [5, 5.41) is 7.79. The van der Waals surface area contributed by atoms with E-state index < -0.39 is 5.82 Å². The number of furan rings is 1. The SMILES string of the molecule is CC(=O)c1ccc(OCC(=O)N2N=C(c3cccs3)CC2c2ccco2)cc1F. The van der Waals surface area contributed by atoms with E-state index in [1.807, 2.05) is 17.5 Å². The molecule has 1 aliphatic heterocycles. The van der Waals surface area contributed by atoms with Crippen molar-refractivity contribution in [2.75, 3.05) is 6.61 Å². The normalized spacial score (nSPS) is 16.0. The molecule has 3 heterocycles. The highest BCUT2D eigenvalue weighted by Crippen LogP contribution is 2.34. The largest absolute Gasteiger partial charge is 0.484 e. The van der Waals surface area contributed by atoms with Crippen molar-refractivity contribution in [3.63, 3.8) is 0 Å². The van der Waals surface area contributed by atoms with Crippen LogP contribution in [0.25, 0.3) is 0 Å². The first-order valence-electron chi connectivity index (χ1n) is 8.93. The van der Waals surface area contributed by atoms with E-state index in [1.54, 1.807) is 29.7 Å². The molecule has 0 saturated heterocycles. The van der Waals surface area contributed by atoms with Crippen molar-refractivity contribution < 1.29 is 23.1 Å². The molecule has 6 nitrogen and oxygen atoms in total. The quantitative estimate of drug-likeness (QED) is 0.561. The van der Waals surface area contributed by atoms with Crippen LogP contribution in [-0.4, -0.2) is 29.0 Å². The molecule has 1 aliphatic rings. The van der Waals surface area contributed by atoms with Crippen molar-refractivity contribution >= 4 is 28.7 Å². The molecule has 148 valence electrons. The topological polar surface area (TPSA) is 72.1 Å². The van der Waals surface area contributed by atoms with Crippen LogP contribution in [0.4, 0.5) is 4.39 Å². The Balaban J connectivity index is 1.51. The van der Waals surface area contributed by atoms with Gasteiger partial charge in [0, 0.05) is 12.5 Å². The Bertz CT molecular complexity index is 1060. The Morgan fingerprint density at radius 2 is 2.17 bits per heavy atom. The summed E-state index contributed by atoms with van der Waals surface area (Å²) in [7, 11) is 0. The first kappa shape index (κ1) is 19.1. The van der Waals surface area contributed by atoms with Crippen LogP contribution in [0.15, 0.2) is 63.6 Å². The molecule has 0 bridgehead atoms. The van der Waals surface area contributed by atoms with Crippen LogP contribution in [-0.2, 0) is 4.79 Å². The second kappa shape index (κ2) is 8.00. The van der Waals surface area contributed by atoms with Crippen molar-refractivity contribution in [1.82, 2.24) is 5.01 Å². The number of rotatable bonds is 6. The second-order valence-corrected chi connectivity index (χ2v) is 7.43. The molecule has 0 saturated carbocycles. The lowest BCUT2D eigenvalue weighted by molar-refractivity contribution is -0.135. The van der Waals surface area contributed by atoms with Gasteiger partial charge in [-0.25, -0.2) is 9.40 Å². The standard InChI is InChI=1S/C21H17FN2O4S/c1-13(25)15-7-6-14(10-16(15)22)28-12-21(26)24-18(19-4-2-8-27-19)11-17(23-24)20-5-3-9-29-20/h2-10,18H,11-12H2,1H3. The third-order valence-corrected chi connectivity index (χ3v) is 5.44. The summed E-state index contributed by atoms with van der Waals surface area (Å²) in [5.74, 6) is -0.648. The zero-order valence-corrected chi connectivity index (χ0v) is 16.3. The van der Waals surface area contributed by atoms with Crippen molar-refractivity contribution in [3.05, 3.63) is 76.1 Å². The van der Waals surface area contributed by atoms with Crippen molar-refractivity contribution in [2.45, 2.75) is 19.4 Å². The molecule has 4 rings (SSSR count). The van der Waals surface area contributed by atoms with Gasteiger partial charge in [0.05, 0.1) is 22.4 Å². The van der Waals surface area contributed by atoms with E-state index in [0.717, 1.165) is 16.7 Å². The van der Waals surface area contributed by atoms with Gasteiger partial charge < -0.3 is 9.15 Å². The van der Waals surface area contributed by atoms with Crippen molar-refractivity contribution in [3.8, 4) is 5.75 Å². The molecular formula is C21H17FN2O4S. The fourth-order valence-electron chi connectivity index (χ4n) is 3.12. The molecule has 0 radical (unpaired) electrons. The molecule has 0 spiro atoms. The monoisotopic (exact) mass is 412 g/mol. The van der Waals surface area contributed by atoms with E-state index >= 15 is 0 Å². The van der Waals surface area contributed by atoms with E-state index in [9.17, 15) is 14.0 Å². The zero-order valence-electron chi connectivity index (χ0n) is 15.5. The Morgan fingerprint density at radius 1 is 1.31 bits per heavy atom. The molecule has 1 unspecified atom stereocenters. The van der Waals surface area contributed by atoms with Crippen LogP contribution in [0.3, 0.4) is 0 Å². The maximum Gasteiger partial charge on any atom is 0.281 e. The minimum atomic E-state index is -0.685. The van der Waals surface area contributed by atoms with Gasteiger partial charge in [-0.1, -0.05) is 6.07 Å². The summed E-state index contributed by atoms with van der Waals surface area (Å²) in [6.07, 6.45) is 2.08. The number of benzene rings is 1. The van der Waals surface area contributed by atoms with Crippen LogP contribution >= 0.6 is 11.3 Å². The number of thiophene rings is 1. The lowest BCUT2D eigenvalue weighted by atomic mass is 10.1. The van der Waals surface area contributed by atoms with E-state index in [-0.39, 0.29) is 35.7 Å². The molecule has 8 heteroatoms. The summed E-state index contributed by atoms with van der Waals surface area (Å²) in [4.78, 5) is 25.1. The van der Waals surface area contributed by atoms with Gasteiger partial charge in [-0.3, -0.25) is 9.59 Å². The fourth-order valence-corrected chi connectivity index (χ4v) is 3.84. The molecular weight excluding hydrogens is 395 g/mol. The van der Waals surface area contributed by atoms with Crippen LogP contribution < -0.4 is 4.74 Å². The first-order chi connectivity index (χ1) is 14.0. The number of ketones is 1. The summed E-state index contributed by atoms with van der Waals surface area (Å²) in [6, 6.07) is 11.0. The average molecular weight is 412 g/mol. The van der Waals surface area contributed by atoms with Crippen LogP contribution in [0, 0.1) is 5.82 Å². The lowest BCUT2D eigenvalue weighted by Crippen LogP contribution is -2.31. The van der Waals surface area contributed by atoms with Gasteiger partial charge in [0.1, 0.15) is 23.4 Å². The number of hydrogen-bond acceptors (Lipinski definition) is 6. The summed E-state index contributed by atoms with van der Waals surface area (Å²) in [6.45, 7) is 0.963. The van der Waals surface area contributed by atoms with E-state index in [1.165, 1.54) is 24.1 Å². The molecule has 0 aliphatic carbocycles. The number of carbonyl (C=O) groups excluding carboxylic acids is 2. The van der Waals surface area contributed by atoms with Crippen LogP contribution in [0.1, 0.15) is 40.4 Å². The van der Waals surface area contributed by atoms with Crippen LogP contribution in [0.5, 0.6) is 5.75 Å². The number of nitrogens with zero attached hydrogens (tertiary/aromatic N) is 2. The molecule has 3 aromatic rings. The van der Waals surface area contributed by atoms with Gasteiger partial charge in [-0.05, 0) is 42.6 Å². The summed E-state index contributed by atoms with van der Waals surface area (Å²) in [5.41, 5.74) is 0.776. The smallest absolute Gasteiger partial charge is 0.281 e. The minimum Gasteiger partial charge on any atom is -0.484 e. The van der Waals surface area contributed by atoms with Crippen molar-refractivity contribution in [1.29, 1.82) is 0 Å². The Hall–Kier alpha value is -3.26. The Labute approximate surface area is 170 Å². The molecule has 2 aromatic heterocycles. The zero-order chi connectivity index (χ0) is 20.4. The van der Waals surface area contributed by atoms with Gasteiger partial charge in [0.2, 0.25) is 0 Å². The number of Topliss-reactive ketones (excluding diaryl/α,β-unsaturated/α-hetero) is 1. The predicted octanol–water partition coefficient (Wildman–Crippen LogP) is 4.44. The van der Waals surface area contributed by atoms with Gasteiger partial charge in [-0.15, -0.1) is 11.3 Å². The number of halogens is 1. The maximum atomic E-state index is 14.0. The van der Waals surface area contributed by atoms with Crippen LogP contribution in [0.2, 0.25) is 0 Å². The second-order valence-electron chi connectivity index (χ2n) is 6.48. The average Bonchev–Trinajstić information content (AvgIpc) is 3.46. The van der Waals surface area contributed by atoms with E-state index in [2.05, 4.69) is 5.10 Å². The van der Waals surface area contributed by atoms with Gasteiger partial charge in [0.25, 0.3) is 5.91 Å². The van der Waals surface area contributed by atoms with Crippen molar-refractivity contribution in [2.24, 2.45) is 5.10 Å². The third kappa shape index (κ3) is 3.97. The summed E-state index contributed by atoms with van der Waals surface area (Å²) < 4.78 is 24.9. The van der Waals surface area contributed by atoms with E-state index in [0.29, 0.717) is 12.2 Å².